The van der Waals surface area contributed by atoms with E-state index in [1.165, 1.54) is 0 Å². The molecule has 1 aliphatic rings. The lowest BCUT2D eigenvalue weighted by atomic mass is 10.1. The molecule has 5 heteroatoms. The van der Waals surface area contributed by atoms with Gasteiger partial charge in [0.2, 0.25) is 0 Å². The van der Waals surface area contributed by atoms with Gasteiger partial charge >= 0.3 is 0 Å². The summed E-state index contributed by atoms with van der Waals surface area (Å²) in [4.78, 5) is 24.0. The van der Waals surface area contributed by atoms with Crippen LogP contribution in [0.25, 0.3) is 0 Å². The van der Waals surface area contributed by atoms with Crippen molar-refractivity contribution < 1.29 is 4.79 Å². The van der Waals surface area contributed by atoms with Gasteiger partial charge in [-0.2, -0.15) is 0 Å². The van der Waals surface area contributed by atoms with E-state index in [-0.39, 0.29) is 11.9 Å². The summed E-state index contributed by atoms with van der Waals surface area (Å²) in [6, 6.07) is 9.97. The smallest absolute Gasteiger partial charge is 0.270 e. The summed E-state index contributed by atoms with van der Waals surface area (Å²) in [5.74, 6) is 0.0881. The number of rotatable bonds is 3. The number of aromatic amines is 1. The lowest BCUT2D eigenvalue weighted by Gasteiger charge is -2.37. The number of aromatic nitrogens is 2. The van der Waals surface area contributed by atoms with Crippen LogP contribution in [0.2, 0.25) is 0 Å². The van der Waals surface area contributed by atoms with Crippen LogP contribution in [0.5, 0.6) is 0 Å². The predicted octanol–water partition coefficient (Wildman–Crippen LogP) is 1.93. The van der Waals surface area contributed by atoms with Crippen LogP contribution in [-0.2, 0) is 0 Å². The van der Waals surface area contributed by atoms with Crippen molar-refractivity contribution in [2.75, 3.05) is 26.2 Å². The zero-order chi connectivity index (χ0) is 14.7. The third-order valence-corrected chi connectivity index (χ3v) is 4.09. The fourth-order valence-electron chi connectivity index (χ4n) is 2.76. The van der Waals surface area contributed by atoms with Gasteiger partial charge in [0.05, 0.1) is 5.69 Å². The highest BCUT2D eigenvalue weighted by Crippen LogP contribution is 2.20. The number of amides is 1. The molecule has 3 rings (SSSR count). The molecule has 0 aromatic carbocycles. The van der Waals surface area contributed by atoms with E-state index in [0.29, 0.717) is 5.69 Å². The lowest BCUT2D eigenvalue weighted by Crippen LogP contribution is -2.49. The molecule has 1 saturated heterocycles. The van der Waals surface area contributed by atoms with Crippen LogP contribution in [0.15, 0.2) is 42.7 Å². The van der Waals surface area contributed by atoms with Crippen molar-refractivity contribution in [2.45, 2.75) is 13.0 Å². The van der Waals surface area contributed by atoms with Gasteiger partial charge in [-0.05, 0) is 31.2 Å². The minimum Gasteiger partial charge on any atom is -0.357 e. The number of H-pyrrole nitrogens is 1. The maximum Gasteiger partial charge on any atom is 0.270 e. The second-order valence-corrected chi connectivity index (χ2v) is 5.34. The summed E-state index contributed by atoms with van der Waals surface area (Å²) >= 11 is 0. The monoisotopic (exact) mass is 284 g/mol. The molecule has 110 valence electrons. The number of pyridine rings is 1. The normalized spacial score (nSPS) is 17.7. The molecule has 0 bridgehead atoms. The van der Waals surface area contributed by atoms with Crippen molar-refractivity contribution in [3.8, 4) is 0 Å². The van der Waals surface area contributed by atoms with E-state index < -0.39 is 0 Å². The number of nitrogens with zero attached hydrogens (tertiary/aromatic N) is 3. The van der Waals surface area contributed by atoms with Crippen LogP contribution in [-0.4, -0.2) is 51.9 Å². The Bertz CT molecular complexity index is 574. The van der Waals surface area contributed by atoms with Crippen molar-refractivity contribution in [3.05, 3.63) is 54.1 Å². The molecular formula is C16H20N4O. The largest absolute Gasteiger partial charge is 0.357 e. The van der Waals surface area contributed by atoms with E-state index in [2.05, 4.69) is 27.9 Å². The summed E-state index contributed by atoms with van der Waals surface area (Å²) in [5, 5.41) is 0. The van der Waals surface area contributed by atoms with Gasteiger partial charge in [-0.15, -0.1) is 0 Å². The standard InChI is InChI=1S/C16H20N4O/c1-13(14-5-2-3-7-17-14)19-9-11-20(12-10-19)16(21)15-6-4-8-18-15/h2-8,13,18H,9-12H2,1H3/t13-/m1/s1. The van der Waals surface area contributed by atoms with Crippen molar-refractivity contribution in [2.24, 2.45) is 0 Å². The second-order valence-electron chi connectivity index (χ2n) is 5.34. The molecule has 0 radical (unpaired) electrons. The first-order chi connectivity index (χ1) is 10.3. The summed E-state index contributed by atoms with van der Waals surface area (Å²) in [6.07, 6.45) is 3.61. The molecular weight excluding hydrogens is 264 g/mol. The van der Waals surface area contributed by atoms with E-state index >= 15 is 0 Å². The zero-order valence-electron chi connectivity index (χ0n) is 12.2. The molecule has 2 aromatic rings. The molecule has 5 nitrogen and oxygen atoms in total. The Hall–Kier alpha value is -2.14. The topological polar surface area (TPSA) is 52.2 Å². The maximum absolute atomic E-state index is 12.3. The quantitative estimate of drug-likeness (QED) is 0.937. The van der Waals surface area contributed by atoms with Gasteiger partial charge in [-0.3, -0.25) is 14.7 Å². The van der Waals surface area contributed by atoms with Crippen LogP contribution in [0.3, 0.4) is 0 Å². The Morgan fingerprint density at radius 3 is 2.62 bits per heavy atom. The number of hydrogen-bond acceptors (Lipinski definition) is 3. The van der Waals surface area contributed by atoms with Gasteiger partial charge in [0.15, 0.2) is 0 Å². The lowest BCUT2D eigenvalue weighted by molar-refractivity contribution is 0.0574. The Labute approximate surface area is 124 Å². The molecule has 3 heterocycles. The highest BCUT2D eigenvalue weighted by Gasteiger charge is 2.25. The second kappa shape index (κ2) is 6.10. The van der Waals surface area contributed by atoms with Gasteiger partial charge in [0, 0.05) is 44.6 Å². The third kappa shape index (κ3) is 2.97. The van der Waals surface area contributed by atoms with E-state index in [0.717, 1.165) is 31.9 Å². The van der Waals surface area contributed by atoms with E-state index in [4.69, 9.17) is 0 Å². The third-order valence-electron chi connectivity index (χ3n) is 4.09. The number of carbonyl (C=O) groups excluding carboxylic acids is 1. The predicted molar refractivity (Wildman–Crippen MR) is 80.9 cm³/mol. The van der Waals surface area contributed by atoms with Crippen molar-refractivity contribution in [1.29, 1.82) is 0 Å². The maximum atomic E-state index is 12.3. The molecule has 1 amide bonds. The SMILES string of the molecule is C[C@H](c1ccccn1)N1CCN(C(=O)c2ccc[nH]2)CC1. The minimum absolute atomic E-state index is 0.0881. The van der Waals surface area contributed by atoms with Gasteiger partial charge in [0.25, 0.3) is 5.91 Å². The average molecular weight is 284 g/mol. The number of piperazine rings is 1. The van der Waals surface area contributed by atoms with Gasteiger partial charge in [0.1, 0.15) is 5.69 Å². The van der Waals surface area contributed by atoms with Gasteiger partial charge in [-0.1, -0.05) is 6.07 Å². The molecule has 1 atom stereocenters. The number of nitrogens with one attached hydrogen (secondary N) is 1. The summed E-state index contributed by atoms with van der Waals surface area (Å²) in [5.41, 5.74) is 1.75. The first kappa shape index (κ1) is 13.8. The summed E-state index contributed by atoms with van der Waals surface area (Å²) in [7, 11) is 0. The highest BCUT2D eigenvalue weighted by atomic mass is 16.2. The Morgan fingerprint density at radius 1 is 1.19 bits per heavy atom. The fourth-order valence-corrected chi connectivity index (χ4v) is 2.76. The molecule has 1 N–H and O–H groups in total. The first-order valence-corrected chi connectivity index (χ1v) is 7.33. The minimum atomic E-state index is 0.0881. The van der Waals surface area contributed by atoms with Crippen molar-refractivity contribution in [3.63, 3.8) is 0 Å². The van der Waals surface area contributed by atoms with Crippen LogP contribution in [0.1, 0.15) is 29.1 Å². The molecule has 2 aromatic heterocycles. The molecule has 0 unspecified atom stereocenters. The van der Waals surface area contributed by atoms with Gasteiger partial charge in [-0.25, -0.2) is 0 Å². The molecule has 21 heavy (non-hydrogen) atoms. The Kier molecular flexibility index (Phi) is 4.01. The average Bonchev–Trinajstić information content (AvgIpc) is 3.09. The fraction of sp³-hybridized carbons (Fsp3) is 0.375. The number of hydrogen-bond donors (Lipinski definition) is 1. The van der Waals surface area contributed by atoms with Crippen molar-refractivity contribution in [1.82, 2.24) is 19.8 Å². The number of carbonyl (C=O) groups is 1. The summed E-state index contributed by atoms with van der Waals surface area (Å²) < 4.78 is 0. The van der Waals surface area contributed by atoms with Crippen molar-refractivity contribution >= 4 is 5.91 Å². The van der Waals surface area contributed by atoms with Crippen LogP contribution >= 0.6 is 0 Å². The van der Waals surface area contributed by atoms with Crippen LogP contribution in [0.4, 0.5) is 0 Å². The first-order valence-electron chi connectivity index (χ1n) is 7.33. The Balaban J connectivity index is 1.59. The Morgan fingerprint density at radius 2 is 2.00 bits per heavy atom. The van der Waals surface area contributed by atoms with Gasteiger partial charge < -0.3 is 9.88 Å². The molecule has 0 saturated carbocycles. The molecule has 0 aliphatic carbocycles. The molecule has 1 fully saturated rings. The summed E-state index contributed by atoms with van der Waals surface area (Å²) in [6.45, 7) is 5.45. The highest BCUT2D eigenvalue weighted by molar-refractivity contribution is 5.92. The van der Waals surface area contributed by atoms with E-state index in [1.54, 1.807) is 6.20 Å². The zero-order valence-corrected chi connectivity index (χ0v) is 12.2. The molecule has 1 aliphatic heterocycles. The molecule has 0 spiro atoms. The van der Waals surface area contributed by atoms with Crippen LogP contribution < -0.4 is 0 Å². The van der Waals surface area contributed by atoms with E-state index in [1.807, 2.05) is 35.4 Å². The van der Waals surface area contributed by atoms with Crippen LogP contribution in [0, 0.1) is 0 Å². The van der Waals surface area contributed by atoms with E-state index in [9.17, 15) is 4.79 Å².